The number of nitrogens with one attached hydrogen (secondary N) is 1. The van der Waals surface area contributed by atoms with Gasteiger partial charge in [-0.3, -0.25) is 4.79 Å². The predicted molar refractivity (Wildman–Crippen MR) is 94.9 cm³/mol. The van der Waals surface area contributed by atoms with E-state index in [4.69, 9.17) is 0 Å². The van der Waals surface area contributed by atoms with Crippen molar-refractivity contribution in [3.8, 4) is 11.4 Å². The standard InChI is InChI=1S/C20H19N3O2/c24-17-13-23(16-9-5-2-6-10-16)22-18(17)19(25)21-14-20(11-12-20)15-7-3-1-4-8-15/h1-10,13,24H,11-12,14H2,(H,21,25). The molecule has 1 heterocycles. The van der Waals surface area contributed by atoms with Gasteiger partial charge in [0.05, 0.1) is 11.9 Å². The van der Waals surface area contributed by atoms with E-state index in [1.807, 2.05) is 48.5 Å². The fourth-order valence-corrected chi connectivity index (χ4v) is 3.08. The predicted octanol–water partition coefficient (Wildman–Crippen LogP) is 3.04. The third kappa shape index (κ3) is 3.01. The number of hydrogen-bond acceptors (Lipinski definition) is 3. The Labute approximate surface area is 145 Å². The Kier molecular flexibility index (Phi) is 3.76. The summed E-state index contributed by atoms with van der Waals surface area (Å²) < 4.78 is 1.51. The molecular formula is C20H19N3O2. The third-order valence-electron chi connectivity index (χ3n) is 4.76. The molecule has 1 fully saturated rings. The van der Waals surface area contributed by atoms with Gasteiger partial charge in [0.2, 0.25) is 0 Å². The molecule has 2 N–H and O–H groups in total. The summed E-state index contributed by atoms with van der Waals surface area (Å²) in [4.78, 5) is 12.5. The van der Waals surface area contributed by atoms with Crippen molar-refractivity contribution in [1.82, 2.24) is 15.1 Å². The van der Waals surface area contributed by atoms with Crippen molar-refractivity contribution in [1.29, 1.82) is 0 Å². The average molecular weight is 333 g/mol. The van der Waals surface area contributed by atoms with Crippen molar-refractivity contribution in [2.45, 2.75) is 18.3 Å². The van der Waals surface area contributed by atoms with E-state index in [1.165, 1.54) is 16.4 Å². The van der Waals surface area contributed by atoms with Crippen LogP contribution in [-0.4, -0.2) is 27.3 Å². The Morgan fingerprint density at radius 2 is 1.72 bits per heavy atom. The number of aromatic nitrogens is 2. The van der Waals surface area contributed by atoms with Crippen molar-refractivity contribution >= 4 is 5.91 Å². The minimum Gasteiger partial charge on any atom is -0.504 e. The van der Waals surface area contributed by atoms with E-state index in [2.05, 4.69) is 22.5 Å². The molecule has 1 saturated carbocycles. The lowest BCUT2D eigenvalue weighted by Crippen LogP contribution is -2.32. The summed E-state index contributed by atoms with van der Waals surface area (Å²) in [5, 5.41) is 17.2. The molecule has 126 valence electrons. The van der Waals surface area contributed by atoms with Crippen LogP contribution in [0.3, 0.4) is 0 Å². The van der Waals surface area contributed by atoms with Crippen LogP contribution in [0, 0.1) is 0 Å². The van der Waals surface area contributed by atoms with Crippen molar-refractivity contribution in [3.63, 3.8) is 0 Å². The van der Waals surface area contributed by atoms with Crippen LogP contribution in [0.25, 0.3) is 5.69 Å². The fourth-order valence-electron chi connectivity index (χ4n) is 3.08. The van der Waals surface area contributed by atoms with Gasteiger partial charge in [0.15, 0.2) is 11.4 Å². The molecular weight excluding hydrogens is 314 g/mol. The van der Waals surface area contributed by atoms with Crippen LogP contribution in [0.5, 0.6) is 5.75 Å². The smallest absolute Gasteiger partial charge is 0.275 e. The highest BCUT2D eigenvalue weighted by molar-refractivity contribution is 5.94. The molecule has 4 rings (SSSR count). The highest BCUT2D eigenvalue weighted by Gasteiger charge is 2.44. The Balaban J connectivity index is 1.48. The van der Waals surface area contributed by atoms with E-state index >= 15 is 0 Å². The van der Waals surface area contributed by atoms with E-state index in [1.54, 1.807) is 0 Å². The number of nitrogens with zero attached hydrogens (tertiary/aromatic N) is 2. The minimum atomic E-state index is -0.352. The van der Waals surface area contributed by atoms with Crippen LogP contribution in [0.4, 0.5) is 0 Å². The number of benzene rings is 2. The summed E-state index contributed by atoms with van der Waals surface area (Å²) in [6.07, 6.45) is 3.57. The Morgan fingerprint density at radius 1 is 1.08 bits per heavy atom. The molecule has 0 bridgehead atoms. The molecule has 25 heavy (non-hydrogen) atoms. The van der Waals surface area contributed by atoms with Gasteiger partial charge in [-0.15, -0.1) is 0 Å². The molecule has 5 nitrogen and oxygen atoms in total. The lowest BCUT2D eigenvalue weighted by Gasteiger charge is -2.16. The maximum absolute atomic E-state index is 12.5. The van der Waals surface area contributed by atoms with Gasteiger partial charge in [0.25, 0.3) is 5.91 Å². The second-order valence-electron chi connectivity index (χ2n) is 6.47. The Bertz CT molecular complexity index is 884. The Hall–Kier alpha value is -3.08. The number of amides is 1. The summed E-state index contributed by atoms with van der Waals surface area (Å²) in [5.41, 5.74) is 2.11. The Morgan fingerprint density at radius 3 is 2.36 bits per heavy atom. The summed E-state index contributed by atoms with van der Waals surface area (Å²) in [7, 11) is 0. The van der Waals surface area contributed by atoms with E-state index in [0.717, 1.165) is 18.5 Å². The normalized spacial score (nSPS) is 14.9. The van der Waals surface area contributed by atoms with Crippen molar-refractivity contribution in [3.05, 3.63) is 78.1 Å². The quantitative estimate of drug-likeness (QED) is 0.754. The topological polar surface area (TPSA) is 67.2 Å². The minimum absolute atomic E-state index is 0.0224. The lowest BCUT2D eigenvalue weighted by molar-refractivity contribution is 0.0941. The summed E-state index contributed by atoms with van der Waals surface area (Å²) in [5.74, 6) is -0.472. The maximum Gasteiger partial charge on any atom is 0.275 e. The molecule has 0 unspecified atom stereocenters. The zero-order chi connectivity index (χ0) is 17.3. The second-order valence-corrected chi connectivity index (χ2v) is 6.47. The van der Waals surface area contributed by atoms with Gasteiger partial charge in [-0.1, -0.05) is 48.5 Å². The first-order chi connectivity index (χ1) is 12.2. The first kappa shape index (κ1) is 15.4. The average Bonchev–Trinajstić information content (AvgIpc) is 3.36. The van der Waals surface area contributed by atoms with Crippen molar-refractivity contribution in [2.24, 2.45) is 0 Å². The van der Waals surface area contributed by atoms with Gasteiger partial charge in [-0.2, -0.15) is 5.10 Å². The lowest BCUT2D eigenvalue weighted by atomic mass is 9.96. The molecule has 0 spiro atoms. The number of para-hydroxylation sites is 1. The summed E-state index contributed by atoms with van der Waals surface area (Å²) in [6, 6.07) is 19.6. The molecule has 2 aromatic carbocycles. The molecule has 1 aliphatic carbocycles. The largest absolute Gasteiger partial charge is 0.504 e. The van der Waals surface area contributed by atoms with Crippen LogP contribution < -0.4 is 5.32 Å². The molecule has 5 heteroatoms. The first-order valence-corrected chi connectivity index (χ1v) is 8.36. The zero-order valence-electron chi connectivity index (χ0n) is 13.7. The van der Waals surface area contributed by atoms with Gasteiger partial charge < -0.3 is 10.4 Å². The fraction of sp³-hybridized carbons (Fsp3) is 0.200. The van der Waals surface area contributed by atoms with Gasteiger partial charge in [-0.05, 0) is 30.5 Å². The molecule has 0 aliphatic heterocycles. The van der Waals surface area contributed by atoms with Crippen LogP contribution in [0.2, 0.25) is 0 Å². The van der Waals surface area contributed by atoms with Gasteiger partial charge in [0.1, 0.15) is 0 Å². The van der Waals surface area contributed by atoms with Crippen LogP contribution in [0.15, 0.2) is 66.9 Å². The molecule has 0 radical (unpaired) electrons. The highest BCUT2D eigenvalue weighted by Crippen LogP contribution is 2.47. The van der Waals surface area contributed by atoms with Crippen molar-refractivity contribution in [2.75, 3.05) is 6.54 Å². The second kappa shape index (κ2) is 6.09. The first-order valence-electron chi connectivity index (χ1n) is 8.36. The van der Waals surface area contributed by atoms with Gasteiger partial charge >= 0.3 is 0 Å². The van der Waals surface area contributed by atoms with Crippen LogP contribution in [0.1, 0.15) is 28.9 Å². The number of hydrogen-bond donors (Lipinski definition) is 2. The monoisotopic (exact) mass is 333 g/mol. The molecule has 1 aliphatic rings. The van der Waals surface area contributed by atoms with Gasteiger partial charge in [0, 0.05) is 12.0 Å². The van der Waals surface area contributed by atoms with Crippen LogP contribution in [-0.2, 0) is 5.41 Å². The maximum atomic E-state index is 12.5. The number of aromatic hydroxyl groups is 1. The summed E-state index contributed by atoms with van der Waals surface area (Å²) >= 11 is 0. The van der Waals surface area contributed by atoms with Gasteiger partial charge in [-0.25, -0.2) is 4.68 Å². The number of rotatable bonds is 5. The van der Waals surface area contributed by atoms with E-state index in [0.29, 0.717) is 6.54 Å². The summed E-state index contributed by atoms with van der Waals surface area (Å²) in [6.45, 7) is 0.549. The van der Waals surface area contributed by atoms with E-state index in [9.17, 15) is 9.90 Å². The number of carbonyl (C=O) groups excluding carboxylic acids is 1. The molecule has 0 saturated heterocycles. The molecule has 1 aromatic heterocycles. The molecule has 3 aromatic rings. The SMILES string of the molecule is O=C(NCC1(c2ccccc2)CC1)c1nn(-c2ccccc2)cc1O. The van der Waals surface area contributed by atoms with E-state index < -0.39 is 0 Å². The highest BCUT2D eigenvalue weighted by atomic mass is 16.3. The third-order valence-corrected chi connectivity index (χ3v) is 4.76. The molecule has 0 atom stereocenters. The number of carbonyl (C=O) groups is 1. The van der Waals surface area contributed by atoms with E-state index in [-0.39, 0.29) is 22.8 Å². The molecule has 1 amide bonds. The van der Waals surface area contributed by atoms with Crippen molar-refractivity contribution < 1.29 is 9.90 Å². The van der Waals surface area contributed by atoms with Crippen LogP contribution >= 0.6 is 0 Å². The zero-order valence-corrected chi connectivity index (χ0v) is 13.7.